The number of fused-ring (bicyclic) bond motifs is 1. The van der Waals surface area contributed by atoms with Crippen molar-refractivity contribution in [3.05, 3.63) is 33.4 Å². The number of urea groups is 1. The van der Waals surface area contributed by atoms with Gasteiger partial charge in [-0.2, -0.15) is 0 Å². The van der Waals surface area contributed by atoms with Crippen LogP contribution in [0.15, 0.2) is 12.1 Å². The summed E-state index contributed by atoms with van der Waals surface area (Å²) in [5, 5.41) is 11.3. The van der Waals surface area contributed by atoms with E-state index in [0.717, 1.165) is 19.3 Å². The second-order valence-electron chi connectivity index (χ2n) is 7.29. The van der Waals surface area contributed by atoms with E-state index in [0.29, 0.717) is 29.7 Å². The minimum Gasteiger partial charge on any atom is -0.467 e. The predicted octanol–water partition coefficient (Wildman–Crippen LogP) is 2.56. The lowest BCUT2D eigenvalue weighted by Gasteiger charge is -2.35. The highest BCUT2D eigenvalue weighted by atomic mass is 16.7. The minimum atomic E-state index is -0.778. The van der Waals surface area contributed by atoms with Gasteiger partial charge in [-0.05, 0) is 12.8 Å². The predicted molar refractivity (Wildman–Crippen MR) is 92.9 cm³/mol. The SMILES string of the molecule is CN1C(=O)N(Cc2cc([N+](=O)[O-])cc3c2OCOC3)C(=O)C12CCCCC2. The lowest BCUT2D eigenvalue weighted by Crippen LogP contribution is -2.49. The number of carbonyl (C=O) groups excluding carboxylic acids is 2. The number of nitro benzene ring substituents is 1. The molecule has 9 nitrogen and oxygen atoms in total. The maximum atomic E-state index is 13.2. The molecule has 0 unspecified atom stereocenters. The zero-order chi connectivity index (χ0) is 19.2. The van der Waals surface area contributed by atoms with Crippen LogP contribution in [0.3, 0.4) is 0 Å². The van der Waals surface area contributed by atoms with Crippen LogP contribution in [0, 0.1) is 10.1 Å². The van der Waals surface area contributed by atoms with Crippen molar-refractivity contribution in [2.45, 2.75) is 50.8 Å². The normalized spacial score (nSPS) is 21.4. The molecule has 9 heteroatoms. The van der Waals surface area contributed by atoms with Crippen LogP contribution in [0.4, 0.5) is 10.5 Å². The van der Waals surface area contributed by atoms with Crippen LogP contribution in [0.2, 0.25) is 0 Å². The van der Waals surface area contributed by atoms with Crippen LogP contribution in [-0.4, -0.2) is 46.0 Å². The van der Waals surface area contributed by atoms with Crippen LogP contribution in [-0.2, 0) is 22.7 Å². The fourth-order valence-corrected chi connectivity index (χ4v) is 4.35. The largest absolute Gasteiger partial charge is 0.467 e. The zero-order valence-corrected chi connectivity index (χ0v) is 15.1. The van der Waals surface area contributed by atoms with E-state index in [2.05, 4.69) is 0 Å². The van der Waals surface area contributed by atoms with Gasteiger partial charge < -0.3 is 14.4 Å². The molecular formula is C18H21N3O6. The molecule has 2 heterocycles. The van der Waals surface area contributed by atoms with Crippen molar-refractivity contribution in [3.63, 3.8) is 0 Å². The van der Waals surface area contributed by atoms with Crippen molar-refractivity contribution in [3.8, 4) is 5.75 Å². The first-order chi connectivity index (χ1) is 12.9. The van der Waals surface area contributed by atoms with Crippen LogP contribution < -0.4 is 4.74 Å². The summed E-state index contributed by atoms with van der Waals surface area (Å²) in [6.07, 6.45) is 4.18. The van der Waals surface area contributed by atoms with E-state index in [-0.39, 0.29) is 37.6 Å². The Labute approximate surface area is 156 Å². The number of hydrogen-bond acceptors (Lipinski definition) is 6. The molecule has 0 N–H and O–H groups in total. The van der Waals surface area contributed by atoms with E-state index in [1.165, 1.54) is 17.0 Å². The van der Waals surface area contributed by atoms with Gasteiger partial charge in [0, 0.05) is 30.3 Å². The smallest absolute Gasteiger partial charge is 0.327 e. The number of rotatable bonds is 3. The third-order valence-corrected chi connectivity index (χ3v) is 5.79. The number of carbonyl (C=O) groups is 2. The van der Waals surface area contributed by atoms with Gasteiger partial charge in [0.1, 0.15) is 11.3 Å². The van der Waals surface area contributed by atoms with Crippen LogP contribution >= 0.6 is 0 Å². The quantitative estimate of drug-likeness (QED) is 0.457. The first kappa shape index (κ1) is 17.7. The van der Waals surface area contributed by atoms with E-state index >= 15 is 0 Å². The van der Waals surface area contributed by atoms with Gasteiger partial charge >= 0.3 is 6.03 Å². The maximum Gasteiger partial charge on any atom is 0.327 e. The Kier molecular flexibility index (Phi) is 4.26. The Balaban J connectivity index is 1.69. The summed E-state index contributed by atoms with van der Waals surface area (Å²) in [4.78, 5) is 39.5. The summed E-state index contributed by atoms with van der Waals surface area (Å²) in [6.45, 7) is 0.174. The summed E-state index contributed by atoms with van der Waals surface area (Å²) < 4.78 is 10.7. The van der Waals surface area contributed by atoms with E-state index in [1.807, 2.05) is 0 Å². The molecule has 144 valence electrons. The monoisotopic (exact) mass is 375 g/mol. The molecule has 3 amide bonds. The number of nitro groups is 1. The third kappa shape index (κ3) is 2.73. The number of likely N-dealkylation sites (N-methyl/N-ethyl adjacent to an activating group) is 1. The number of amides is 3. The molecular weight excluding hydrogens is 354 g/mol. The number of imide groups is 1. The summed E-state index contributed by atoms with van der Waals surface area (Å²) in [7, 11) is 1.67. The lowest BCUT2D eigenvalue weighted by atomic mass is 9.80. The van der Waals surface area contributed by atoms with Gasteiger partial charge in [-0.15, -0.1) is 0 Å². The molecule has 1 aromatic carbocycles. The molecule has 0 bridgehead atoms. The van der Waals surface area contributed by atoms with Crippen molar-refractivity contribution >= 4 is 17.6 Å². The molecule has 1 saturated heterocycles. The number of ether oxygens (including phenoxy) is 2. The van der Waals surface area contributed by atoms with Crippen LogP contribution in [0.1, 0.15) is 43.2 Å². The van der Waals surface area contributed by atoms with Crippen molar-refractivity contribution in [2.24, 2.45) is 0 Å². The zero-order valence-electron chi connectivity index (χ0n) is 15.1. The summed E-state index contributed by atoms with van der Waals surface area (Å²) in [5.74, 6) is 0.238. The Morgan fingerprint density at radius 1 is 1.22 bits per heavy atom. The molecule has 2 aliphatic heterocycles. The van der Waals surface area contributed by atoms with E-state index < -0.39 is 10.5 Å². The van der Waals surface area contributed by atoms with E-state index in [9.17, 15) is 19.7 Å². The van der Waals surface area contributed by atoms with Gasteiger partial charge in [0.15, 0.2) is 6.79 Å². The number of benzene rings is 1. The van der Waals surface area contributed by atoms with Crippen molar-refractivity contribution < 1.29 is 24.0 Å². The number of nitrogens with zero attached hydrogens (tertiary/aromatic N) is 3. The standard InChI is InChI=1S/C18H21N3O6/c1-19-17(23)20(16(22)18(19)5-3-2-4-6-18)9-12-7-14(21(24)25)8-13-10-26-11-27-15(12)13/h7-8H,2-6,9-11H2,1H3. The van der Waals surface area contributed by atoms with E-state index in [1.54, 1.807) is 11.9 Å². The lowest BCUT2D eigenvalue weighted by molar-refractivity contribution is -0.385. The van der Waals surface area contributed by atoms with Gasteiger partial charge in [-0.25, -0.2) is 4.79 Å². The maximum absolute atomic E-state index is 13.2. The van der Waals surface area contributed by atoms with E-state index in [4.69, 9.17) is 9.47 Å². The molecule has 1 spiro atoms. The molecule has 2 fully saturated rings. The highest BCUT2D eigenvalue weighted by Gasteiger charge is 2.55. The van der Waals surface area contributed by atoms with Gasteiger partial charge in [0.2, 0.25) is 0 Å². The second kappa shape index (κ2) is 6.49. The molecule has 27 heavy (non-hydrogen) atoms. The van der Waals surface area contributed by atoms with Gasteiger partial charge in [-0.3, -0.25) is 19.8 Å². The molecule has 3 aliphatic rings. The van der Waals surface area contributed by atoms with Crippen molar-refractivity contribution in [1.29, 1.82) is 0 Å². The summed E-state index contributed by atoms with van der Waals surface area (Å²) in [6, 6.07) is 2.41. The van der Waals surface area contributed by atoms with Gasteiger partial charge in [-0.1, -0.05) is 19.3 Å². The second-order valence-corrected chi connectivity index (χ2v) is 7.29. The highest BCUT2D eigenvalue weighted by Crippen LogP contribution is 2.41. The fourth-order valence-electron chi connectivity index (χ4n) is 4.35. The Hall–Kier alpha value is -2.68. The highest BCUT2D eigenvalue weighted by molar-refractivity contribution is 6.06. The van der Waals surface area contributed by atoms with Gasteiger partial charge in [0.05, 0.1) is 18.1 Å². The first-order valence-corrected chi connectivity index (χ1v) is 9.04. The average Bonchev–Trinajstić information content (AvgIpc) is 2.84. The summed E-state index contributed by atoms with van der Waals surface area (Å²) in [5.41, 5.74) is 0.105. The summed E-state index contributed by atoms with van der Waals surface area (Å²) >= 11 is 0. The molecule has 0 atom stereocenters. The van der Waals surface area contributed by atoms with Crippen molar-refractivity contribution in [2.75, 3.05) is 13.8 Å². The molecule has 1 aromatic rings. The number of non-ortho nitro benzene ring substituents is 1. The Bertz CT molecular complexity index is 818. The Morgan fingerprint density at radius 2 is 1.96 bits per heavy atom. The molecule has 0 radical (unpaired) electrons. The topological polar surface area (TPSA) is 102 Å². The third-order valence-electron chi connectivity index (χ3n) is 5.79. The van der Waals surface area contributed by atoms with Crippen LogP contribution in [0.25, 0.3) is 0 Å². The molecule has 4 rings (SSSR count). The minimum absolute atomic E-state index is 0.0313. The molecule has 1 saturated carbocycles. The average molecular weight is 375 g/mol. The van der Waals surface area contributed by atoms with Gasteiger partial charge in [0.25, 0.3) is 11.6 Å². The first-order valence-electron chi connectivity index (χ1n) is 9.04. The molecule has 1 aliphatic carbocycles. The van der Waals surface area contributed by atoms with Crippen molar-refractivity contribution in [1.82, 2.24) is 9.80 Å². The van der Waals surface area contributed by atoms with Crippen LogP contribution in [0.5, 0.6) is 5.75 Å². The Morgan fingerprint density at radius 3 is 2.67 bits per heavy atom. The molecule has 0 aromatic heterocycles. The number of hydrogen-bond donors (Lipinski definition) is 0. The fraction of sp³-hybridized carbons (Fsp3) is 0.556.